The van der Waals surface area contributed by atoms with Crippen molar-refractivity contribution in [2.75, 3.05) is 0 Å². The van der Waals surface area contributed by atoms with Crippen LogP contribution in [0.1, 0.15) is 0 Å². The molecular weight excluding hydrogens is 241 g/mol. The van der Waals surface area contributed by atoms with Gasteiger partial charge in [0.25, 0.3) is 5.56 Å². The lowest BCUT2D eigenvalue weighted by atomic mass is 10.4. The lowest BCUT2D eigenvalue weighted by Crippen LogP contribution is -2.21. The quantitative estimate of drug-likeness (QED) is 0.660. The molecule has 0 unspecified atom stereocenters. The van der Waals surface area contributed by atoms with Gasteiger partial charge in [-0.25, -0.2) is 9.37 Å². The maximum atomic E-state index is 12.7. The molecule has 6 heteroatoms. The Morgan fingerprint density at radius 3 is 2.88 bits per heavy atom. The van der Waals surface area contributed by atoms with Gasteiger partial charge in [0.15, 0.2) is 5.82 Å². The average Bonchev–Trinajstić information content (AvgIpc) is 2.80. The Morgan fingerprint density at radius 1 is 1.24 bits per heavy atom. The minimum absolute atomic E-state index is 0.247. The summed E-state index contributed by atoms with van der Waals surface area (Å²) in [6, 6.07) is 4.40. The van der Waals surface area contributed by atoms with Gasteiger partial charge in [0.2, 0.25) is 0 Å². The van der Waals surface area contributed by atoms with Crippen LogP contribution in [0.5, 0.6) is 0 Å². The lowest BCUT2D eigenvalue weighted by molar-refractivity contribution is 0.618. The van der Waals surface area contributed by atoms with Crippen LogP contribution in [0.2, 0.25) is 0 Å². The fourth-order valence-electron chi connectivity index (χ4n) is 1.53. The molecular formula is C11H6FN3OS. The zero-order valence-electron chi connectivity index (χ0n) is 8.50. The van der Waals surface area contributed by atoms with Crippen molar-refractivity contribution in [3.63, 3.8) is 0 Å². The van der Waals surface area contributed by atoms with Crippen molar-refractivity contribution in [2.24, 2.45) is 0 Å². The van der Waals surface area contributed by atoms with Crippen LogP contribution in [0.25, 0.3) is 15.9 Å². The summed E-state index contributed by atoms with van der Waals surface area (Å²) in [7, 11) is 0. The van der Waals surface area contributed by atoms with Gasteiger partial charge in [-0.15, -0.1) is 11.3 Å². The molecule has 3 heterocycles. The van der Waals surface area contributed by atoms with E-state index >= 15 is 0 Å². The fraction of sp³-hybridized carbons (Fsp3) is 0. The van der Waals surface area contributed by atoms with Crippen LogP contribution in [-0.4, -0.2) is 14.8 Å². The number of halogens is 1. The van der Waals surface area contributed by atoms with Gasteiger partial charge in [0.05, 0.1) is 22.5 Å². The molecule has 0 aliphatic rings. The molecule has 84 valence electrons. The van der Waals surface area contributed by atoms with Gasteiger partial charge in [-0.05, 0) is 23.6 Å². The standard InChI is InChI=1S/C11H6FN3OS/c12-7-1-2-10(13-5-7)15-11(16)8-3-4-17-9(8)6-14-15/h1-6H. The Balaban J connectivity index is 2.27. The summed E-state index contributed by atoms with van der Waals surface area (Å²) in [4.78, 5) is 15.9. The number of rotatable bonds is 1. The van der Waals surface area contributed by atoms with E-state index in [4.69, 9.17) is 0 Å². The molecule has 0 N–H and O–H groups in total. The van der Waals surface area contributed by atoms with Crippen LogP contribution in [0.3, 0.4) is 0 Å². The molecule has 0 radical (unpaired) electrons. The molecule has 0 aliphatic carbocycles. The maximum Gasteiger partial charge on any atom is 0.281 e. The summed E-state index contributed by atoms with van der Waals surface area (Å²) < 4.78 is 14.7. The Kier molecular flexibility index (Phi) is 2.22. The first kappa shape index (κ1) is 10.1. The molecule has 3 aromatic rings. The molecule has 3 aromatic heterocycles. The Morgan fingerprint density at radius 2 is 2.12 bits per heavy atom. The first-order valence-corrected chi connectivity index (χ1v) is 5.71. The number of hydrogen-bond acceptors (Lipinski definition) is 4. The van der Waals surface area contributed by atoms with E-state index in [9.17, 15) is 9.18 Å². The van der Waals surface area contributed by atoms with Gasteiger partial charge in [0.1, 0.15) is 5.82 Å². The molecule has 0 bridgehead atoms. The fourth-order valence-corrected chi connectivity index (χ4v) is 2.27. The van der Waals surface area contributed by atoms with E-state index in [1.165, 1.54) is 23.5 Å². The third-order valence-electron chi connectivity index (χ3n) is 2.34. The summed E-state index contributed by atoms with van der Waals surface area (Å²) in [6.07, 6.45) is 2.66. The smallest absolute Gasteiger partial charge is 0.267 e. The third kappa shape index (κ3) is 1.62. The van der Waals surface area contributed by atoms with E-state index in [0.29, 0.717) is 11.2 Å². The Hall–Kier alpha value is -2.08. The van der Waals surface area contributed by atoms with Crippen LogP contribution < -0.4 is 5.56 Å². The molecule has 0 saturated carbocycles. The minimum atomic E-state index is -0.446. The summed E-state index contributed by atoms with van der Waals surface area (Å²) in [5.74, 6) is -0.136. The SMILES string of the molecule is O=c1c2ccsc2cnn1-c1ccc(F)cn1. The first-order valence-electron chi connectivity index (χ1n) is 4.83. The van der Waals surface area contributed by atoms with Crippen LogP contribution in [0, 0.1) is 5.82 Å². The number of pyridine rings is 1. The molecule has 17 heavy (non-hydrogen) atoms. The van der Waals surface area contributed by atoms with Gasteiger partial charge in [0, 0.05) is 0 Å². The highest BCUT2D eigenvalue weighted by Gasteiger charge is 2.07. The summed E-state index contributed by atoms with van der Waals surface area (Å²) in [5, 5.41) is 6.43. The molecule has 4 nitrogen and oxygen atoms in total. The Bertz CT molecular complexity index is 732. The second-order valence-corrected chi connectivity index (χ2v) is 4.34. The van der Waals surface area contributed by atoms with Crippen molar-refractivity contribution in [2.45, 2.75) is 0 Å². The zero-order chi connectivity index (χ0) is 11.8. The number of nitrogens with zero attached hydrogens (tertiary/aromatic N) is 3. The number of hydrogen-bond donors (Lipinski definition) is 0. The first-order chi connectivity index (χ1) is 8.25. The Labute approximate surface area is 99.0 Å². The van der Waals surface area contributed by atoms with E-state index < -0.39 is 5.82 Å². The number of aromatic nitrogens is 3. The van der Waals surface area contributed by atoms with Crippen molar-refractivity contribution in [3.8, 4) is 5.82 Å². The summed E-state index contributed by atoms with van der Waals surface area (Å²) >= 11 is 1.45. The van der Waals surface area contributed by atoms with Crippen LogP contribution in [0.15, 0.2) is 40.8 Å². The topological polar surface area (TPSA) is 47.8 Å². The molecule has 0 aliphatic heterocycles. The molecule has 0 atom stereocenters. The molecule has 0 spiro atoms. The predicted molar refractivity (Wildman–Crippen MR) is 63.0 cm³/mol. The molecule has 0 amide bonds. The highest BCUT2D eigenvalue weighted by molar-refractivity contribution is 7.17. The van der Waals surface area contributed by atoms with Gasteiger partial charge in [-0.3, -0.25) is 4.79 Å². The van der Waals surface area contributed by atoms with Gasteiger partial charge in [-0.1, -0.05) is 0 Å². The van der Waals surface area contributed by atoms with Crippen molar-refractivity contribution in [1.29, 1.82) is 0 Å². The van der Waals surface area contributed by atoms with Crippen molar-refractivity contribution in [3.05, 3.63) is 52.1 Å². The molecule has 0 saturated heterocycles. The minimum Gasteiger partial charge on any atom is -0.267 e. The highest BCUT2D eigenvalue weighted by atomic mass is 32.1. The average molecular weight is 247 g/mol. The lowest BCUT2D eigenvalue weighted by Gasteiger charge is -2.02. The normalized spacial score (nSPS) is 10.9. The van der Waals surface area contributed by atoms with Crippen LogP contribution in [0.4, 0.5) is 4.39 Å². The number of fused-ring (bicyclic) bond motifs is 1. The largest absolute Gasteiger partial charge is 0.281 e. The number of thiophene rings is 1. The monoisotopic (exact) mass is 247 g/mol. The van der Waals surface area contributed by atoms with Gasteiger partial charge >= 0.3 is 0 Å². The van der Waals surface area contributed by atoms with E-state index in [1.54, 1.807) is 12.3 Å². The zero-order valence-corrected chi connectivity index (χ0v) is 9.32. The molecule has 3 rings (SSSR count). The maximum absolute atomic E-state index is 12.7. The second-order valence-electron chi connectivity index (χ2n) is 3.39. The van der Waals surface area contributed by atoms with Crippen molar-refractivity contribution >= 4 is 21.4 Å². The summed E-state index contributed by atoms with van der Waals surface area (Å²) in [5.41, 5.74) is -0.247. The third-order valence-corrected chi connectivity index (χ3v) is 3.19. The second kappa shape index (κ2) is 3.74. The summed E-state index contributed by atoms with van der Waals surface area (Å²) in [6.45, 7) is 0. The van der Waals surface area contributed by atoms with Gasteiger partial charge < -0.3 is 0 Å². The van der Waals surface area contributed by atoms with Crippen LogP contribution in [-0.2, 0) is 0 Å². The molecule has 0 aromatic carbocycles. The van der Waals surface area contributed by atoms with E-state index in [-0.39, 0.29) is 5.56 Å². The van der Waals surface area contributed by atoms with E-state index in [2.05, 4.69) is 10.1 Å². The predicted octanol–water partition coefficient (Wildman–Crippen LogP) is 1.98. The van der Waals surface area contributed by atoms with E-state index in [0.717, 1.165) is 15.6 Å². The van der Waals surface area contributed by atoms with Gasteiger partial charge in [-0.2, -0.15) is 9.78 Å². The molecule has 0 fully saturated rings. The van der Waals surface area contributed by atoms with Crippen LogP contribution >= 0.6 is 11.3 Å². The van der Waals surface area contributed by atoms with Crippen molar-refractivity contribution in [1.82, 2.24) is 14.8 Å². The van der Waals surface area contributed by atoms with Crippen molar-refractivity contribution < 1.29 is 4.39 Å². The highest BCUT2D eigenvalue weighted by Crippen LogP contribution is 2.15. The van der Waals surface area contributed by atoms with E-state index in [1.807, 2.05) is 5.38 Å².